The van der Waals surface area contributed by atoms with Crippen molar-refractivity contribution in [2.24, 2.45) is 0 Å². The van der Waals surface area contributed by atoms with Gasteiger partial charge >= 0.3 is 0 Å². The summed E-state index contributed by atoms with van der Waals surface area (Å²) in [5.41, 5.74) is 36.2. The van der Waals surface area contributed by atoms with E-state index in [1.165, 1.54) is 24.0 Å². The molecule has 4 aliphatic carbocycles. The number of aromatic nitrogens is 20. The molecule has 1 atom stereocenters. The predicted octanol–water partition coefficient (Wildman–Crippen LogP) is 13.9. The minimum absolute atomic E-state index is 0.0965. The number of carbonyl (C=O) groups is 1. The topological polar surface area (TPSA) is 491 Å². The summed E-state index contributed by atoms with van der Waals surface area (Å²) in [5, 5.41) is 23.9. The molecule has 11 heterocycles. The van der Waals surface area contributed by atoms with Crippen molar-refractivity contribution in [2.45, 2.75) is 124 Å². The number of nitrogens with zero attached hydrogens (tertiary/aromatic N) is 21. The lowest BCUT2D eigenvalue weighted by atomic mass is 9.64. The molecule has 0 bridgehead atoms. The highest BCUT2D eigenvalue weighted by Crippen LogP contribution is 2.53. The molecule has 21 rings (SSSR count). The van der Waals surface area contributed by atoms with Crippen molar-refractivity contribution in [3.63, 3.8) is 0 Å². The number of hydrogen-bond donors (Lipinski definition) is 5. The van der Waals surface area contributed by atoms with Gasteiger partial charge in [-0.25, -0.2) is 62.6 Å². The smallest absolute Gasteiger partial charge is 0.278 e. The maximum absolute atomic E-state index is 13.2. The highest BCUT2D eigenvalue weighted by Gasteiger charge is 2.49. The Kier molecular flexibility index (Phi) is 24.1. The Hall–Kier alpha value is -15.6. The van der Waals surface area contributed by atoms with Gasteiger partial charge in [-0.05, 0) is 152 Å². The van der Waals surface area contributed by atoms with Crippen molar-refractivity contribution in [1.29, 1.82) is 0 Å². The van der Waals surface area contributed by atoms with Gasteiger partial charge in [-0.15, -0.1) is 0 Å². The third-order valence-electron chi connectivity index (χ3n) is 25.2. The molecule has 1 unspecified atom stereocenters. The number of nitrogen functional groups attached to an aromatic ring is 4. The number of halogens is 1. The molecule has 9 N–H and O–H groups in total. The average Bonchev–Trinajstić information content (AvgIpc) is 1.73. The molecule has 5 fully saturated rings. The van der Waals surface area contributed by atoms with Gasteiger partial charge < -0.3 is 60.7 Å². The van der Waals surface area contributed by atoms with Crippen molar-refractivity contribution >= 4 is 45.4 Å². The second kappa shape index (κ2) is 36.7. The predicted molar refractivity (Wildman–Crippen MR) is 484 cm³/mol. The summed E-state index contributed by atoms with van der Waals surface area (Å²) in [6, 6.07) is 44.9. The van der Waals surface area contributed by atoms with Crippen molar-refractivity contribution < 1.29 is 45.2 Å². The van der Waals surface area contributed by atoms with Crippen LogP contribution in [0.25, 0.3) is 90.5 Å². The number of hydrogen-bond acceptors (Lipinski definition) is 33. The maximum atomic E-state index is 13.2. The lowest BCUT2D eigenvalue weighted by molar-refractivity contribution is -0.121. The summed E-state index contributed by atoms with van der Waals surface area (Å²) in [6.45, 7) is 3.65. The number of sulfone groups is 1. The van der Waals surface area contributed by atoms with Gasteiger partial charge in [0, 0.05) is 115 Å². The zero-order valence-electron chi connectivity index (χ0n) is 72.0. The zero-order valence-corrected chi connectivity index (χ0v) is 72.8. The molecule has 4 saturated carbocycles. The first-order valence-corrected chi connectivity index (χ1v) is 44.8. The number of amides is 1. The fourth-order valence-electron chi connectivity index (χ4n) is 17.1. The Morgan fingerprint density at radius 3 is 1.14 bits per heavy atom. The van der Waals surface area contributed by atoms with E-state index in [0.717, 1.165) is 144 Å². The Morgan fingerprint density at radius 1 is 0.435 bits per heavy atom. The van der Waals surface area contributed by atoms with Gasteiger partial charge in [0.2, 0.25) is 29.7 Å². The number of nitrogens with two attached hydrogens (primary N) is 4. The van der Waals surface area contributed by atoms with Gasteiger partial charge in [-0.1, -0.05) is 143 Å². The monoisotopic (exact) mass is 1780 g/mol. The molecule has 1 saturated heterocycles. The fourth-order valence-corrected chi connectivity index (χ4v) is 18.1. The van der Waals surface area contributed by atoms with Crippen LogP contribution in [0.4, 0.5) is 34.0 Å². The molecule has 16 aromatic rings. The largest absolute Gasteiger partial charge is 0.493 e. The number of anilines is 5. The van der Waals surface area contributed by atoms with Gasteiger partial charge in [0.05, 0.1) is 65.3 Å². The van der Waals surface area contributed by atoms with E-state index in [-0.39, 0.29) is 69.0 Å². The van der Waals surface area contributed by atoms with E-state index in [9.17, 15) is 17.6 Å². The number of likely N-dealkylation sites (N-methyl/N-ethyl adjacent to an activating group) is 1. The van der Waals surface area contributed by atoms with Crippen LogP contribution in [-0.2, 0) is 42.8 Å². The lowest BCUT2D eigenvalue weighted by Gasteiger charge is -2.39. The van der Waals surface area contributed by atoms with E-state index >= 15 is 0 Å². The van der Waals surface area contributed by atoms with Crippen molar-refractivity contribution in [1.82, 2.24) is 105 Å². The molecule has 6 aromatic carbocycles. The third kappa shape index (κ3) is 17.9. The maximum Gasteiger partial charge on any atom is 0.278 e. The fraction of sp³-hybridized carbons (Fsp3) is 0.277. The Morgan fingerprint density at radius 2 is 0.794 bits per heavy atom. The van der Waals surface area contributed by atoms with Crippen LogP contribution in [0, 0.1) is 5.82 Å². The molecule has 35 nitrogen and oxygen atoms in total. The highest BCUT2D eigenvalue weighted by molar-refractivity contribution is 7.91. The molecule has 5 aliphatic rings. The Bertz CT molecular complexity index is 6770. The Labute approximate surface area is 751 Å². The van der Waals surface area contributed by atoms with E-state index in [4.69, 9.17) is 65.5 Å². The second-order valence-corrected chi connectivity index (χ2v) is 35.3. The molecule has 131 heavy (non-hydrogen) atoms. The van der Waals surface area contributed by atoms with Crippen LogP contribution in [0.2, 0.25) is 0 Å². The standard InChI is InChI=1S/C25H26N8O3S.C24H23N5O3.C23H24N8O2.C22H18FN5O/c1-37(34,35)19-7-10-33(15-19)21-14-27-20(13-28-21)22-31-23(32-36-22)25(8-2-9-25)18-5-3-16(4-6-18)17-11-29-24(26)30-12-17;1-30-19-9-6-16(12-20(19)31-2)21-28-22(29-32-21)24(10-3-11-24)18-7-4-15(5-8-18)17-13-26-23(25)27-14-17;1-2-25-19(32)14-31-13-17(12-28-31)20-29-21(30-33-20)23(8-3-9-23)18-6-4-15(5-7-18)16-10-26-22(24)27-11-16;23-18-8-4-15(5-9-18)19-27-20(28-29-19)22(10-1-11-22)17-6-2-14(3-7-17)16-12-25-21(24)26-13-16/h3-6,11-14,19H,2,7-10,15H2,1H3,(H2,26,29,30);4-9,12-14H,3,10-11H2,1-2H3,(H2,25,26,27);4-7,10-13H,2-3,8-9,14H2,1H3,(H,25,32)(H2,24,26,27);2-9,12-13H,1,10-11H2,(H2,24,25,26). The third-order valence-corrected chi connectivity index (χ3v) is 26.8. The average molecular weight is 1780 g/mol. The van der Waals surface area contributed by atoms with Crippen LogP contribution in [-0.4, -0.2) is 160 Å². The Balaban J connectivity index is 0.000000118. The summed E-state index contributed by atoms with van der Waals surface area (Å²) in [6.07, 6.45) is 34.2. The van der Waals surface area contributed by atoms with Crippen molar-refractivity contribution in [3.05, 3.63) is 265 Å². The summed E-state index contributed by atoms with van der Waals surface area (Å²) < 4.78 is 71.5. The van der Waals surface area contributed by atoms with Crippen LogP contribution in [0.15, 0.2) is 232 Å². The van der Waals surface area contributed by atoms with E-state index in [1.54, 1.807) is 105 Å². The quantitative estimate of drug-likeness (QED) is 0.0397. The SMILES string of the molecule is CCNC(=O)Cn1cc(-c2nc(C3(c4ccc(-c5cnc(N)nc5)cc4)CCC3)no2)cn1.COc1ccc(-c2nc(C3(c4ccc(-c5cnc(N)nc5)cc4)CCC3)no2)cc1OC.CS(=O)(=O)C1CCN(c2cnc(-c3nc(C4(c5ccc(-c6cnc(N)nc6)cc5)CCC4)no3)cn2)C1.Nc1ncc(-c2ccc(C3(c4noc(-c5ccc(F)cc5)n4)CCC3)cc2)cn1. The summed E-state index contributed by atoms with van der Waals surface area (Å²) in [4.78, 5) is 74.0. The van der Waals surface area contributed by atoms with Gasteiger partial charge in [-0.3, -0.25) is 9.48 Å². The second-order valence-electron chi connectivity index (χ2n) is 33.0. The van der Waals surface area contributed by atoms with Crippen LogP contribution < -0.4 is 42.6 Å². The van der Waals surface area contributed by atoms with Gasteiger partial charge in [-0.2, -0.15) is 25.0 Å². The summed E-state index contributed by atoms with van der Waals surface area (Å²) in [7, 11) is 0.130. The summed E-state index contributed by atoms with van der Waals surface area (Å²) in [5.74, 6) is 6.80. The normalized spacial score (nSPS) is 15.9. The lowest BCUT2D eigenvalue weighted by Crippen LogP contribution is -2.36. The molecule has 37 heteroatoms. The number of nitrogens with one attached hydrogen (secondary N) is 1. The first-order chi connectivity index (χ1) is 63.6. The highest BCUT2D eigenvalue weighted by atomic mass is 32.2. The molecule has 664 valence electrons. The number of carbonyl (C=O) groups excluding carboxylic acids is 1. The van der Waals surface area contributed by atoms with Gasteiger partial charge in [0.25, 0.3) is 23.6 Å². The van der Waals surface area contributed by atoms with Gasteiger partial charge in [0.15, 0.2) is 44.6 Å². The minimum atomic E-state index is -3.08. The molecule has 1 amide bonds. The molecule has 1 aliphatic heterocycles. The number of methoxy groups -OCH3 is 2. The van der Waals surface area contributed by atoms with E-state index < -0.39 is 9.84 Å². The van der Waals surface area contributed by atoms with Crippen molar-refractivity contribution in [3.8, 4) is 102 Å². The first kappa shape index (κ1) is 86.2. The molecule has 0 radical (unpaired) electrons. The number of benzene rings is 6. The van der Waals surface area contributed by atoms with E-state index in [2.05, 4.69) is 159 Å². The first-order valence-electron chi connectivity index (χ1n) is 42.8. The van der Waals surface area contributed by atoms with E-state index in [1.807, 2.05) is 54.3 Å². The molecular weight excluding hydrogens is 1690 g/mol. The summed E-state index contributed by atoms with van der Waals surface area (Å²) >= 11 is 0. The van der Waals surface area contributed by atoms with Crippen LogP contribution >= 0.6 is 0 Å². The number of ether oxygens (including phenoxy) is 2. The molecule has 0 spiro atoms. The molecule has 10 aromatic heterocycles. The van der Waals surface area contributed by atoms with Crippen LogP contribution in [0.1, 0.15) is 136 Å². The van der Waals surface area contributed by atoms with E-state index in [0.29, 0.717) is 107 Å². The van der Waals surface area contributed by atoms with Crippen LogP contribution in [0.5, 0.6) is 11.5 Å². The van der Waals surface area contributed by atoms with Crippen molar-refractivity contribution in [2.75, 3.05) is 67.9 Å². The minimum Gasteiger partial charge on any atom is -0.493 e. The van der Waals surface area contributed by atoms with Gasteiger partial charge in [0.1, 0.15) is 23.9 Å². The molecular formula is C94H91FN26O9S. The number of rotatable bonds is 23. The zero-order chi connectivity index (χ0) is 90.4. The van der Waals surface area contributed by atoms with Crippen LogP contribution in [0.3, 0.4) is 0 Å².